The van der Waals surface area contributed by atoms with E-state index in [-0.39, 0.29) is 12.5 Å². The number of amides is 1. The summed E-state index contributed by atoms with van der Waals surface area (Å²) in [5.41, 5.74) is 1.68. The van der Waals surface area contributed by atoms with Crippen LogP contribution in [0.2, 0.25) is 0 Å². The van der Waals surface area contributed by atoms with Crippen molar-refractivity contribution in [2.75, 3.05) is 31.6 Å². The van der Waals surface area contributed by atoms with Gasteiger partial charge in [-0.15, -0.1) is 0 Å². The number of nitrogens with one attached hydrogen (secondary N) is 1. The van der Waals surface area contributed by atoms with Crippen molar-refractivity contribution in [3.63, 3.8) is 0 Å². The summed E-state index contributed by atoms with van der Waals surface area (Å²) in [4.78, 5) is 14.5. The molecule has 0 saturated carbocycles. The van der Waals surface area contributed by atoms with Gasteiger partial charge >= 0.3 is 0 Å². The third-order valence-electron chi connectivity index (χ3n) is 3.83. The standard InChI is InChI=1S/C16H24N2O2/c1-2-9-17-15-6-4-3-5-14(15)16(20)18-10-7-13(12-18)8-11-19/h3-6,13,17,19H,2,7-12H2,1H3. The molecule has 110 valence electrons. The number of carbonyl (C=O) groups excluding carboxylic acids is 1. The van der Waals surface area contributed by atoms with Crippen LogP contribution in [0.3, 0.4) is 0 Å². The lowest BCUT2D eigenvalue weighted by atomic mass is 10.1. The number of nitrogens with zero attached hydrogens (tertiary/aromatic N) is 1. The zero-order chi connectivity index (χ0) is 14.4. The van der Waals surface area contributed by atoms with Crippen molar-refractivity contribution in [3.8, 4) is 0 Å². The normalized spacial score (nSPS) is 18.3. The van der Waals surface area contributed by atoms with Gasteiger partial charge in [-0.05, 0) is 37.3 Å². The van der Waals surface area contributed by atoms with Gasteiger partial charge in [-0.25, -0.2) is 0 Å². The number of aliphatic hydroxyl groups excluding tert-OH is 1. The molecule has 1 aliphatic heterocycles. The quantitative estimate of drug-likeness (QED) is 0.838. The fourth-order valence-electron chi connectivity index (χ4n) is 2.69. The summed E-state index contributed by atoms with van der Waals surface area (Å²) in [5.74, 6) is 0.546. The first-order chi connectivity index (χ1) is 9.76. The molecule has 1 heterocycles. The molecule has 1 aromatic rings. The molecule has 1 aliphatic rings. The minimum atomic E-state index is 0.102. The third-order valence-corrected chi connectivity index (χ3v) is 3.83. The van der Waals surface area contributed by atoms with Crippen LogP contribution in [0.15, 0.2) is 24.3 Å². The van der Waals surface area contributed by atoms with Gasteiger partial charge in [-0.1, -0.05) is 19.1 Å². The van der Waals surface area contributed by atoms with E-state index in [0.717, 1.165) is 50.1 Å². The molecule has 20 heavy (non-hydrogen) atoms. The first-order valence-electron chi connectivity index (χ1n) is 7.49. The van der Waals surface area contributed by atoms with Gasteiger partial charge in [0, 0.05) is 31.9 Å². The largest absolute Gasteiger partial charge is 0.396 e. The van der Waals surface area contributed by atoms with Crippen molar-refractivity contribution in [1.82, 2.24) is 4.90 Å². The number of benzene rings is 1. The molecule has 1 saturated heterocycles. The predicted molar refractivity (Wildman–Crippen MR) is 80.9 cm³/mol. The molecule has 1 amide bonds. The van der Waals surface area contributed by atoms with Gasteiger partial charge < -0.3 is 15.3 Å². The first kappa shape index (κ1) is 14.9. The van der Waals surface area contributed by atoms with Crippen LogP contribution in [0.4, 0.5) is 5.69 Å². The van der Waals surface area contributed by atoms with Crippen molar-refractivity contribution in [3.05, 3.63) is 29.8 Å². The molecule has 2 rings (SSSR count). The molecule has 0 spiro atoms. The Balaban J connectivity index is 2.05. The van der Waals surface area contributed by atoms with Crippen LogP contribution in [-0.4, -0.2) is 42.2 Å². The van der Waals surface area contributed by atoms with Crippen LogP contribution in [0.1, 0.15) is 36.5 Å². The zero-order valence-electron chi connectivity index (χ0n) is 12.1. The molecule has 1 aromatic carbocycles. The summed E-state index contributed by atoms with van der Waals surface area (Å²) in [6.07, 6.45) is 2.82. The summed E-state index contributed by atoms with van der Waals surface area (Å²) in [6.45, 7) is 4.75. The van der Waals surface area contributed by atoms with Crippen molar-refractivity contribution in [1.29, 1.82) is 0 Å². The van der Waals surface area contributed by atoms with Crippen LogP contribution in [0, 0.1) is 5.92 Å². The Morgan fingerprint density at radius 3 is 3.00 bits per heavy atom. The second-order valence-corrected chi connectivity index (χ2v) is 5.39. The van der Waals surface area contributed by atoms with Gasteiger partial charge in [0.2, 0.25) is 0 Å². The molecule has 4 nitrogen and oxygen atoms in total. The number of para-hydroxylation sites is 1. The lowest BCUT2D eigenvalue weighted by molar-refractivity contribution is 0.0785. The summed E-state index contributed by atoms with van der Waals surface area (Å²) >= 11 is 0. The highest BCUT2D eigenvalue weighted by Crippen LogP contribution is 2.24. The van der Waals surface area contributed by atoms with Gasteiger partial charge in [-0.2, -0.15) is 0 Å². The molecule has 0 aromatic heterocycles. The Labute approximate surface area is 120 Å². The van der Waals surface area contributed by atoms with E-state index in [1.807, 2.05) is 29.2 Å². The highest BCUT2D eigenvalue weighted by molar-refractivity contribution is 5.99. The molecule has 2 N–H and O–H groups in total. The topological polar surface area (TPSA) is 52.6 Å². The lowest BCUT2D eigenvalue weighted by Crippen LogP contribution is -2.29. The highest BCUT2D eigenvalue weighted by atomic mass is 16.3. The van der Waals surface area contributed by atoms with Gasteiger partial charge in [0.25, 0.3) is 5.91 Å². The van der Waals surface area contributed by atoms with Crippen LogP contribution in [0.25, 0.3) is 0 Å². The van der Waals surface area contributed by atoms with Crippen molar-refractivity contribution < 1.29 is 9.90 Å². The SMILES string of the molecule is CCCNc1ccccc1C(=O)N1CCC(CCO)C1. The van der Waals surface area contributed by atoms with E-state index in [4.69, 9.17) is 5.11 Å². The molecule has 0 bridgehead atoms. The number of carbonyl (C=O) groups is 1. The summed E-state index contributed by atoms with van der Waals surface area (Å²) in [6, 6.07) is 7.71. The van der Waals surface area contributed by atoms with E-state index in [2.05, 4.69) is 12.2 Å². The van der Waals surface area contributed by atoms with Crippen LogP contribution >= 0.6 is 0 Å². The van der Waals surface area contributed by atoms with Crippen LogP contribution in [-0.2, 0) is 0 Å². The van der Waals surface area contributed by atoms with E-state index in [1.54, 1.807) is 0 Å². The van der Waals surface area contributed by atoms with Crippen LogP contribution < -0.4 is 5.32 Å². The monoisotopic (exact) mass is 276 g/mol. The average Bonchev–Trinajstić information content (AvgIpc) is 2.94. The third kappa shape index (κ3) is 3.51. The van der Waals surface area contributed by atoms with Gasteiger partial charge in [0.15, 0.2) is 0 Å². The maximum Gasteiger partial charge on any atom is 0.255 e. The van der Waals surface area contributed by atoms with Crippen molar-refractivity contribution >= 4 is 11.6 Å². The Bertz CT molecular complexity index is 448. The molecule has 1 unspecified atom stereocenters. The molecule has 0 aliphatic carbocycles. The number of aliphatic hydroxyl groups is 1. The fraction of sp³-hybridized carbons (Fsp3) is 0.562. The number of anilines is 1. The van der Waals surface area contributed by atoms with Gasteiger partial charge in [-0.3, -0.25) is 4.79 Å². The minimum Gasteiger partial charge on any atom is -0.396 e. The zero-order valence-corrected chi connectivity index (χ0v) is 12.1. The predicted octanol–water partition coefficient (Wildman–Crippen LogP) is 2.35. The van der Waals surface area contributed by atoms with Crippen molar-refractivity contribution in [2.45, 2.75) is 26.2 Å². The number of rotatable bonds is 6. The van der Waals surface area contributed by atoms with E-state index in [0.29, 0.717) is 5.92 Å². The summed E-state index contributed by atoms with van der Waals surface area (Å²) in [5, 5.41) is 12.3. The smallest absolute Gasteiger partial charge is 0.255 e. The maximum absolute atomic E-state index is 12.6. The van der Waals surface area contributed by atoms with E-state index in [9.17, 15) is 4.79 Å². The van der Waals surface area contributed by atoms with Gasteiger partial charge in [0.05, 0.1) is 5.56 Å². The first-order valence-corrected chi connectivity index (χ1v) is 7.49. The summed E-state index contributed by atoms with van der Waals surface area (Å²) < 4.78 is 0. The van der Waals surface area contributed by atoms with Gasteiger partial charge in [0.1, 0.15) is 0 Å². The Morgan fingerprint density at radius 1 is 1.45 bits per heavy atom. The van der Waals surface area contributed by atoms with E-state index < -0.39 is 0 Å². The fourth-order valence-corrected chi connectivity index (χ4v) is 2.69. The number of hydrogen-bond acceptors (Lipinski definition) is 3. The second kappa shape index (κ2) is 7.29. The molecular formula is C16H24N2O2. The van der Waals surface area contributed by atoms with Crippen LogP contribution in [0.5, 0.6) is 0 Å². The number of likely N-dealkylation sites (tertiary alicyclic amines) is 1. The number of hydrogen-bond donors (Lipinski definition) is 2. The van der Waals surface area contributed by atoms with E-state index >= 15 is 0 Å². The second-order valence-electron chi connectivity index (χ2n) is 5.39. The molecule has 1 fully saturated rings. The maximum atomic E-state index is 12.6. The Hall–Kier alpha value is -1.55. The molecule has 1 atom stereocenters. The molecule has 4 heteroatoms. The average molecular weight is 276 g/mol. The van der Waals surface area contributed by atoms with E-state index in [1.165, 1.54) is 0 Å². The van der Waals surface area contributed by atoms with Crippen molar-refractivity contribution in [2.24, 2.45) is 5.92 Å². The lowest BCUT2D eigenvalue weighted by Gasteiger charge is -2.19. The molecular weight excluding hydrogens is 252 g/mol. The minimum absolute atomic E-state index is 0.102. The molecule has 0 radical (unpaired) electrons. The Morgan fingerprint density at radius 2 is 2.25 bits per heavy atom. The highest BCUT2D eigenvalue weighted by Gasteiger charge is 2.27. The Kier molecular flexibility index (Phi) is 5.41. The summed E-state index contributed by atoms with van der Waals surface area (Å²) in [7, 11) is 0.